The van der Waals surface area contributed by atoms with Gasteiger partial charge in [-0.15, -0.1) is 4.91 Å². The summed E-state index contributed by atoms with van der Waals surface area (Å²) in [5, 5.41) is 3.00. The third-order valence-electron chi connectivity index (χ3n) is 2.17. The minimum atomic E-state index is 0.594. The highest BCUT2D eigenvalue weighted by molar-refractivity contribution is 5.52. The Hall–Kier alpha value is -1.44. The van der Waals surface area contributed by atoms with E-state index in [0.29, 0.717) is 5.69 Å². The van der Waals surface area contributed by atoms with Crippen molar-refractivity contribution in [2.24, 2.45) is 5.18 Å². The molecule has 0 heterocycles. The molecule has 0 saturated heterocycles. The third-order valence-corrected chi connectivity index (χ3v) is 2.17. The van der Waals surface area contributed by atoms with E-state index < -0.39 is 0 Å². The third kappa shape index (κ3) is 1.05. The van der Waals surface area contributed by atoms with Crippen LogP contribution in [0.25, 0.3) is 0 Å². The van der Waals surface area contributed by atoms with Crippen molar-refractivity contribution in [2.45, 2.75) is 12.8 Å². The molecule has 2 nitrogen and oxygen atoms in total. The fourth-order valence-electron chi connectivity index (χ4n) is 1.55. The Morgan fingerprint density at radius 1 is 1.17 bits per heavy atom. The maximum Gasteiger partial charge on any atom is 0.111 e. The summed E-state index contributed by atoms with van der Waals surface area (Å²) in [5.74, 6) is 0. The normalized spacial score (nSPS) is 14.0. The molecular weight excluding hydrogens is 150 g/mol. The van der Waals surface area contributed by atoms with Crippen LogP contribution >= 0.6 is 0 Å². The van der Waals surface area contributed by atoms with Crippen molar-refractivity contribution in [1.29, 1.82) is 0 Å². The van der Waals surface area contributed by atoms with E-state index in [-0.39, 0.29) is 0 Å². The maximum atomic E-state index is 10.4. The van der Waals surface area contributed by atoms with Gasteiger partial charge in [-0.05, 0) is 35.2 Å². The molecule has 2 rings (SSSR count). The summed E-state index contributed by atoms with van der Waals surface area (Å²) in [6.45, 7) is 0. The van der Waals surface area contributed by atoms with Gasteiger partial charge < -0.3 is 0 Å². The number of rotatable bonds is 1. The van der Waals surface area contributed by atoms with Gasteiger partial charge in [0.25, 0.3) is 0 Å². The zero-order valence-electron chi connectivity index (χ0n) is 6.66. The van der Waals surface area contributed by atoms with Gasteiger partial charge in [-0.1, -0.05) is 24.3 Å². The van der Waals surface area contributed by atoms with Crippen LogP contribution in [0.2, 0.25) is 0 Å². The molecule has 0 saturated carbocycles. The highest BCUT2D eigenvalue weighted by Gasteiger charge is 2.08. The fourth-order valence-corrected chi connectivity index (χ4v) is 1.55. The molecule has 0 N–H and O–H groups in total. The Labute approximate surface area is 70.9 Å². The first-order chi connectivity index (χ1) is 5.92. The summed E-state index contributed by atoms with van der Waals surface area (Å²) in [6.07, 6.45) is 5.98. The van der Waals surface area contributed by atoms with E-state index >= 15 is 0 Å². The van der Waals surface area contributed by atoms with Crippen LogP contribution in [0.3, 0.4) is 0 Å². The largest absolute Gasteiger partial charge is 0.145 e. The first-order valence-electron chi connectivity index (χ1n) is 4.01. The van der Waals surface area contributed by atoms with Crippen LogP contribution in [0.1, 0.15) is 11.1 Å². The van der Waals surface area contributed by atoms with Crippen molar-refractivity contribution in [2.75, 3.05) is 0 Å². The molecule has 0 spiro atoms. The van der Waals surface area contributed by atoms with Crippen LogP contribution < -0.4 is 0 Å². The summed E-state index contributed by atoms with van der Waals surface area (Å²) in [6, 6.07) is 5.70. The summed E-state index contributed by atoms with van der Waals surface area (Å²) < 4.78 is 0. The topological polar surface area (TPSA) is 29.4 Å². The predicted octanol–water partition coefficient (Wildman–Crippen LogP) is 2.74. The lowest BCUT2D eigenvalue weighted by atomic mass is 9.95. The Kier molecular flexibility index (Phi) is 1.74. The molecule has 0 aliphatic heterocycles. The molecule has 60 valence electrons. The molecule has 2 heteroatoms. The van der Waals surface area contributed by atoms with Crippen LogP contribution in [0, 0.1) is 4.91 Å². The molecule has 1 aromatic rings. The smallest absolute Gasteiger partial charge is 0.111 e. The van der Waals surface area contributed by atoms with Gasteiger partial charge in [0.15, 0.2) is 0 Å². The SMILES string of the molecule is O=Nc1cccc2c1CC=CC2. The molecular formula is C10H9NO. The second kappa shape index (κ2) is 2.89. The number of nitrogens with zero attached hydrogens (tertiary/aromatic N) is 1. The van der Waals surface area contributed by atoms with Gasteiger partial charge in [0.2, 0.25) is 0 Å². The number of allylic oxidation sites excluding steroid dienone is 2. The lowest BCUT2D eigenvalue weighted by molar-refractivity contribution is 1.09. The average molecular weight is 159 g/mol. The van der Waals surface area contributed by atoms with Crippen molar-refractivity contribution in [1.82, 2.24) is 0 Å². The summed E-state index contributed by atoms with van der Waals surface area (Å²) in [5.41, 5.74) is 2.92. The van der Waals surface area contributed by atoms with Gasteiger partial charge in [-0.3, -0.25) is 0 Å². The molecule has 0 radical (unpaired) electrons. The molecule has 0 atom stereocenters. The van der Waals surface area contributed by atoms with Crippen molar-refractivity contribution < 1.29 is 0 Å². The molecule has 0 aromatic heterocycles. The fraction of sp³-hybridized carbons (Fsp3) is 0.200. The van der Waals surface area contributed by atoms with E-state index in [9.17, 15) is 4.91 Å². The first-order valence-corrected chi connectivity index (χ1v) is 4.01. The monoisotopic (exact) mass is 159 g/mol. The summed E-state index contributed by atoms with van der Waals surface area (Å²) in [4.78, 5) is 10.4. The quantitative estimate of drug-likeness (QED) is 0.457. The van der Waals surface area contributed by atoms with E-state index in [1.54, 1.807) is 6.07 Å². The second-order valence-corrected chi connectivity index (χ2v) is 2.89. The van der Waals surface area contributed by atoms with E-state index in [1.165, 1.54) is 5.56 Å². The van der Waals surface area contributed by atoms with Crippen molar-refractivity contribution >= 4 is 5.69 Å². The molecule has 0 amide bonds. The van der Waals surface area contributed by atoms with Crippen LogP contribution in [-0.4, -0.2) is 0 Å². The van der Waals surface area contributed by atoms with Crippen molar-refractivity contribution in [3.05, 3.63) is 46.4 Å². The summed E-state index contributed by atoms with van der Waals surface area (Å²) >= 11 is 0. The number of nitroso groups, excluding NO2 is 1. The minimum Gasteiger partial charge on any atom is -0.145 e. The van der Waals surface area contributed by atoms with E-state index in [4.69, 9.17) is 0 Å². The zero-order chi connectivity index (χ0) is 8.39. The lowest BCUT2D eigenvalue weighted by Gasteiger charge is -2.10. The Balaban J connectivity index is 2.55. The number of hydrogen-bond acceptors (Lipinski definition) is 2. The molecule has 0 fully saturated rings. The van der Waals surface area contributed by atoms with Crippen LogP contribution in [0.5, 0.6) is 0 Å². The second-order valence-electron chi connectivity index (χ2n) is 2.89. The van der Waals surface area contributed by atoms with E-state index in [1.807, 2.05) is 12.1 Å². The number of hydrogen-bond donors (Lipinski definition) is 0. The van der Waals surface area contributed by atoms with Gasteiger partial charge in [0.1, 0.15) is 5.69 Å². The van der Waals surface area contributed by atoms with E-state index in [0.717, 1.165) is 18.4 Å². The minimum absolute atomic E-state index is 0.594. The highest BCUT2D eigenvalue weighted by atomic mass is 16.3. The molecule has 1 aromatic carbocycles. The van der Waals surface area contributed by atoms with Crippen LogP contribution in [0.4, 0.5) is 5.69 Å². The Morgan fingerprint density at radius 2 is 2.00 bits per heavy atom. The molecule has 1 aliphatic carbocycles. The Bertz CT molecular complexity index is 342. The predicted molar refractivity (Wildman–Crippen MR) is 48.4 cm³/mol. The molecule has 1 aliphatic rings. The van der Waals surface area contributed by atoms with Gasteiger partial charge in [0, 0.05) is 0 Å². The number of benzene rings is 1. The Morgan fingerprint density at radius 3 is 2.83 bits per heavy atom. The van der Waals surface area contributed by atoms with Gasteiger partial charge in [-0.2, -0.15) is 0 Å². The zero-order valence-corrected chi connectivity index (χ0v) is 6.66. The van der Waals surface area contributed by atoms with Gasteiger partial charge in [0.05, 0.1) is 0 Å². The lowest BCUT2D eigenvalue weighted by Crippen LogP contribution is -1.96. The van der Waals surface area contributed by atoms with Gasteiger partial charge >= 0.3 is 0 Å². The van der Waals surface area contributed by atoms with Crippen LogP contribution in [-0.2, 0) is 12.8 Å². The average Bonchev–Trinajstić information content (AvgIpc) is 2.17. The van der Waals surface area contributed by atoms with Crippen molar-refractivity contribution in [3.63, 3.8) is 0 Å². The molecule has 0 bridgehead atoms. The standard InChI is InChI=1S/C10H9NO/c12-11-10-7-3-5-8-4-1-2-6-9(8)10/h1-3,5,7H,4,6H2. The van der Waals surface area contributed by atoms with Gasteiger partial charge in [-0.25, -0.2) is 0 Å². The van der Waals surface area contributed by atoms with Crippen LogP contribution in [0.15, 0.2) is 35.5 Å². The number of fused-ring (bicyclic) bond motifs is 1. The maximum absolute atomic E-state index is 10.4. The first kappa shape index (κ1) is 7.22. The van der Waals surface area contributed by atoms with E-state index in [2.05, 4.69) is 17.3 Å². The van der Waals surface area contributed by atoms with Crippen molar-refractivity contribution in [3.8, 4) is 0 Å². The molecule has 0 unspecified atom stereocenters. The summed E-state index contributed by atoms with van der Waals surface area (Å²) in [7, 11) is 0. The highest BCUT2D eigenvalue weighted by Crippen LogP contribution is 2.26. The molecule has 12 heavy (non-hydrogen) atoms.